The monoisotopic (exact) mass is 687 g/mol. The maximum atomic E-state index is 13.8. The van der Waals surface area contributed by atoms with Crippen LogP contribution in [0.4, 0.5) is 0 Å². The van der Waals surface area contributed by atoms with Gasteiger partial charge in [-0.3, -0.25) is 9.69 Å². The standard InChI is InChI=1S/C36H65NO11/c1-13-14-35(9,40)31-23(7)29-20(4)17-36(10,48-29)32(47-33-28(39)25(15-21(5)44-33)37(11)19(2)3)22(6)26(16-27(38)45-31)43-18-42-24(8)30-34(41-12)46-30/h19-26,28-34,39-40H,13-18H2,1-12H3/t20?,21?,22-,23+,24?,25?,26-,28?,29?,30-,31+,32-,33-,34?,35?,36+/m0/s1. The summed E-state index contributed by atoms with van der Waals surface area (Å²) in [5.74, 6) is -1.15. The predicted octanol–water partition coefficient (Wildman–Crippen LogP) is 4.02. The third-order valence-electron chi connectivity index (χ3n) is 11.4. The first-order valence-electron chi connectivity index (χ1n) is 18.2. The van der Waals surface area contributed by atoms with E-state index in [4.69, 9.17) is 37.9 Å². The van der Waals surface area contributed by atoms with Crippen molar-refractivity contribution in [2.24, 2.45) is 17.8 Å². The lowest BCUT2D eigenvalue weighted by Crippen LogP contribution is -2.59. The molecule has 4 rings (SSSR count). The number of aliphatic hydroxyl groups excluding tert-OH is 1. The Balaban J connectivity index is 1.68. The number of methoxy groups -OCH3 is 1. The summed E-state index contributed by atoms with van der Waals surface area (Å²) in [6.45, 7) is 19.9. The van der Waals surface area contributed by atoms with Crippen molar-refractivity contribution in [3.8, 4) is 0 Å². The number of nitrogens with zero attached hydrogens (tertiary/aromatic N) is 1. The summed E-state index contributed by atoms with van der Waals surface area (Å²) in [4.78, 5) is 15.9. The van der Waals surface area contributed by atoms with Gasteiger partial charge in [0, 0.05) is 31.0 Å². The number of fused-ring (bicyclic) bond motifs is 2. The molecule has 48 heavy (non-hydrogen) atoms. The number of likely N-dealkylation sites (N-methyl/N-ethyl adjacent to an activating group) is 1. The topological polar surface area (TPSA) is 138 Å². The molecule has 0 aromatic carbocycles. The Labute approximate surface area is 288 Å². The Bertz CT molecular complexity index is 1050. The SMILES string of the molecule is CCCC(C)(O)[C@@H]1OC(=O)C[C@H](OCOC(C)[C@@H]2OC2OC)[C@H](C)[C@H](O[C@@H]2OC(C)CC(N(C)C(C)C)C2O)[C@@]2(C)CC(C)C(O2)[C@H]1C. The number of esters is 1. The molecule has 4 fully saturated rings. The normalized spacial score (nSPS) is 44.2. The van der Waals surface area contributed by atoms with Crippen LogP contribution in [-0.2, 0) is 42.7 Å². The Hall–Kier alpha value is -0.930. The van der Waals surface area contributed by atoms with Gasteiger partial charge in [0.25, 0.3) is 0 Å². The molecule has 0 aromatic heterocycles. The summed E-state index contributed by atoms with van der Waals surface area (Å²) in [7, 11) is 3.60. The summed E-state index contributed by atoms with van der Waals surface area (Å²) in [6, 6.07) is 0.0507. The van der Waals surface area contributed by atoms with E-state index in [9.17, 15) is 15.0 Å². The van der Waals surface area contributed by atoms with Crippen LogP contribution in [0.2, 0.25) is 0 Å². The molecule has 0 aromatic rings. The molecule has 0 spiro atoms. The molecule has 4 heterocycles. The maximum absolute atomic E-state index is 13.8. The fourth-order valence-electron chi connectivity index (χ4n) is 8.46. The summed E-state index contributed by atoms with van der Waals surface area (Å²) >= 11 is 0. The van der Waals surface area contributed by atoms with Crippen LogP contribution in [0.3, 0.4) is 0 Å². The van der Waals surface area contributed by atoms with Gasteiger partial charge in [-0.05, 0) is 73.8 Å². The van der Waals surface area contributed by atoms with E-state index in [1.807, 2.05) is 48.6 Å². The predicted molar refractivity (Wildman–Crippen MR) is 178 cm³/mol. The molecule has 16 atom stereocenters. The Morgan fingerprint density at radius 1 is 1.10 bits per heavy atom. The van der Waals surface area contributed by atoms with Gasteiger partial charge in [-0.15, -0.1) is 0 Å². The number of rotatable bonds is 13. The molecule has 4 aliphatic heterocycles. The van der Waals surface area contributed by atoms with Crippen LogP contribution < -0.4 is 0 Å². The second-order valence-corrected chi connectivity index (χ2v) is 15.8. The van der Waals surface area contributed by atoms with E-state index in [0.717, 1.165) is 6.42 Å². The molecule has 280 valence electrons. The van der Waals surface area contributed by atoms with Gasteiger partial charge < -0.3 is 48.1 Å². The largest absolute Gasteiger partial charge is 0.459 e. The molecule has 4 saturated heterocycles. The minimum Gasteiger partial charge on any atom is -0.459 e. The highest BCUT2D eigenvalue weighted by atomic mass is 16.8. The molecule has 0 radical (unpaired) electrons. The maximum Gasteiger partial charge on any atom is 0.308 e. The Morgan fingerprint density at radius 3 is 2.40 bits per heavy atom. The van der Waals surface area contributed by atoms with Crippen LogP contribution in [0.5, 0.6) is 0 Å². The van der Waals surface area contributed by atoms with Crippen molar-refractivity contribution in [2.75, 3.05) is 21.0 Å². The van der Waals surface area contributed by atoms with Crippen LogP contribution in [0.1, 0.15) is 101 Å². The average molecular weight is 688 g/mol. The molecule has 8 unspecified atom stereocenters. The van der Waals surface area contributed by atoms with Crippen LogP contribution in [0, 0.1) is 17.8 Å². The first-order chi connectivity index (χ1) is 22.4. The van der Waals surface area contributed by atoms with Gasteiger partial charge in [-0.2, -0.15) is 0 Å². The second-order valence-electron chi connectivity index (χ2n) is 15.8. The lowest BCUT2D eigenvalue weighted by molar-refractivity contribution is -0.303. The summed E-state index contributed by atoms with van der Waals surface area (Å²) < 4.78 is 49.5. The molecule has 0 saturated carbocycles. The van der Waals surface area contributed by atoms with Gasteiger partial charge in [-0.25, -0.2) is 0 Å². The molecule has 2 N–H and O–H groups in total. The van der Waals surface area contributed by atoms with E-state index in [2.05, 4.69) is 25.7 Å². The van der Waals surface area contributed by atoms with Gasteiger partial charge in [0.05, 0.1) is 48.1 Å². The minimum atomic E-state index is -1.26. The highest BCUT2D eigenvalue weighted by Gasteiger charge is 2.56. The summed E-state index contributed by atoms with van der Waals surface area (Å²) in [5.41, 5.74) is -2.09. The number of ether oxygens (including phenoxy) is 8. The van der Waals surface area contributed by atoms with Crippen molar-refractivity contribution in [3.63, 3.8) is 0 Å². The highest BCUT2D eigenvalue weighted by molar-refractivity contribution is 5.70. The zero-order valence-corrected chi connectivity index (χ0v) is 31.4. The number of cyclic esters (lactones) is 1. The van der Waals surface area contributed by atoms with Crippen molar-refractivity contribution in [2.45, 2.75) is 186 Å². The number of hydrogen-bond acceptors (Lipinski definition) is 12. The number of carbonyl (C=O) groups is 1. The average Bonchev–Trinajstić information content (AvgIpc) is 3.74. The molecular weight excluding hydrogens is 622 g/mol. The third kappa shape index (κ3) is 8.92. The fraction of sp³-hybridized carbons (Fsp3) is 0.972. The van der Waals surface area contributed by atoms with Crippen molar-refractivity contribution >= 4 is 5.97 Å². The van der Waals surface area contributed by atoms with Crippen molar-refractivity contribution in [1.82, 2.24) is 4.90 Å². The number of carbonyl (C=O) groups excluding carboxylic acids is 1. The molecule has 4 aliphatic rings. The molecule has 0 aliphatic carbocycles. The summed E-state index contributed by atoms with van der Waals surface area (Å²) in [5, 5.41) is 23.3. The Morgan fingerprint density at radius 2 is 1.79 bits per heavy atom. The highest BCUT2D eigenvalue weighted by Crippen LogP contribution is 2.47. The number of epoxide rings is 1. The van der Waals surface area contributed by atoms with Crippen LogP contribution in [-0.4, -0.2) is 127 Å². The second kappa shape index (κ2) is 16.2. The first-order valence-corrected chi connectivity index (χ1v) is 18.2. The molecule has 2 bridgehead atoms. The molecule has 0 amide bonds. The van der Waals surface area contributed by atoms with Gasteiger partial charge in [0.2, 0.25) is 0 Å². The van der Waals surface area contributed by atoms with Crippen LogP contribution >= 0.6 is 0 Å². The number of hydrogen-bond donors (Lipinski definition) is 2. The molecular formula is C36H65NO11. The van der Waals surface area contributed by atoms with E-state index in [1.165, 1.54) is 0 Å². The fourth-order valence-corrected chi connectivity index (χ4v) is 8.46. The van der Waals surface area contributed by atoms with E-state index in [0.29, 0.717) is 19.3 Å². The first kappa shape index (κ1) is 39.8. The van der Waals surface area contributed by atoms with Gasteiger partial charge in [-0.1, -0.05) is 34.1 Å². The Kier molecular flexibility index (Phi) is 13.4. The molecule has 12 heteroatoms. The lowest BCUT2D eigenvalue weighted by Gasteiger charge is -2.47. The minimum absolute atomic E-state index is 0.0631. The van der Waals surface area contributed by atoms with E-state index >= 15 is 0 Å². The summed E-state index contributed by atoms with van der Waals surface area (Å²) in [6.07, 6.45) is -2.82. The molecule has 12 nitrogen and oxygen atoms in total. The van der Waals surface area contributed by atoms with E-state index in [1.54, 1.807) is 14.0 Å². The smallest absolute Gasteiger partial charge is 0.308 e. The van der Waals surface area contributed by atoms with Gasteiger partial charge in [0.15, 0.2) is 12.6 Å². The zero-order valence-electron chi connectivity index (χ0n) is 31.4. The third-order valence-corrected chi connectivity index (χ3v) is 11.4. The van der Waals surface area contributed by atoms with Crippen LogP contribution in [0.15, 0.2) is 0 Å². The van der Waals surface area contributed by atoms with E-state index in [-0.39, 0.29) is 67.8 Å². The number of aliphatic hydroxyl groups is 2. The quantitative estimate of drug-likeness (QED) is 0.164. The van der Waals surface area contributed by atoms with Crippen molar-refractivity contribution in [3.05, 3.63) is 0 Å². The van der Waals surface area contributed by atoms with Crippen LogP contribution in [0.25, 0.3) is 0 Å². The van der Waals surface area contributed by atoms with Gasteiger partial charge in [0.1, 0.15) is 25.1 Å². The van der Waals surface area contributed by atoms with Crippen molar-refractivity contribution in [1.29, 1.82) is 0 Å². The zero-order chi connectivity index (χ0) is 35.7. The van der Waals surface area contributed by atoms with Crippen molar-refractivity contribution < 1.29 is 52.9 Å². The van der Waals surface area contributed by atoms with Gasteiger partial charge >= 0.3 is 5.97 Å². The lowest BCUT2D eigenvalue weighted by atomic mass is 9.77. The van der Waals surface area contributed by atoms with E-state index < -0.39 is 53.8 Å².